The molecule has 4 aromatic carbocycles. The van der Waals surface area contributed by atoms with Crippen LogP contribution in [-0.4, -0.2) is 29.0 Å². The van der Waals surface area contributed by atoms with Crippen molar-refractivity contribution in [3.05, 3.63) is 139 Å². The molecule has 0 spiro atoms. The highest BCUT2D eigenvalue weighted by Crippen LogP contribution is 2.30. The van der Waals surface area contributed by atoms with Crippen LogP contribution in [0, 0.1) is 0 Å². The van der Waals surface area contributed by atoms with Crippen LogP contribution < -0.4 is 0 Å². The molecule has 0 radical (unpaired) electrons. The number of sulfonamides is 1. The lowest BCUT2D eigenvalue weighted by Crippen LogP contribution is -2.32. The zero-order valence-electron chi connectivity index (χ0n) is 19.8. The maximum absolute atomic E-state index is 14.3. The first-order valence-corrected chi connectivity index (χ1v) is 13.3. The van der Waals surface area contributed by atoms with Crippen molar-refractivity contribution in [3.63, 3.8) is 0 Å². The standard InChI is InChI=1S/C30H27N3O2S/c34-36(35,32(23-26-15-7-2-8-16-26)22-21-25-13-5-1-6-14-25)29-24-33(28-19-11-4-12-20-28)31-30(29)27-17-9-3-10-18-27/h1-20,24H,21-23H2. The molecule has 5 rings (SSSR count). The van der Waals surface area contributed by atoms with Crippen LogP contribution in [0.1, 0.15) is 11.1 Å². The van der Waals surface area contributed by atoms with Crippen molar-refractivity contribution in [3.8, 4) is 16.9 Å². The molecule has 1 aromatic heterocycles. The van der Waals surface area contributed by atoms with Gasteiger partial charge in [0.2, 0.25) is 10.0 Å². The summed E-state index contributed by atoms with van der Waals surface area (Å²) in [6.45, 7) is 0.632. The van der Waals surface area contributed by atoms with E-state index in [-0.39, 0.29) is 11.4 Å². The predicted molar refractivity (Wildman–Crippen MR) is 143 cm³/mol. The number of para-hydroxylation sites is 1. The second-order valence-corrected chi connectivity index (χ2v) is 10.5. The third-order valence-corrected chi connectivity index (χ3v) is 7.91. The van der Waals surface area contributed by atoms with E-state index in [2.05, 4.69) is 0 Å². The summed E-state index contributed by atoms with van der Waals surface area (Å²) in [6.07, 6.45) is 2.24. The van der Waals surface area contributed by atoms with Gasteiger partial charge in [-0.2, -0.15) is 9.40 Å². The number of rotatable bonds is 9. The van der Waals surface area contributed by atoms with Gasteiger partial charge in [0.05, 0.1) is 11.9 Å². The molecule has 5 nitrogen and oxygen atoms in total. The second-order valence-electron chi connectivity index (χ2n) is 8.55. The van der Waals surface area contributed by atoms with E-state index in [1.54, 1.807) is 15.2 Å². The molecule has 0 fully saturated rings. The van der Waals surface area contributed by atoms with Gasteiger partial charge < -0.3 is 0 Å². The number of nitrogens with zero attached hydrogens (tertiary/aromatic N) is 3. The molecule has 0 aliphatic rings. The summed E-state index contributed by atoms with van der Waals surface area (Å²) in [5, 5.41) is 4.74. The van der Waals surface area contributed by atoms with Gasteiger partial charge in [-0.05, 0) is 29.7 Å². The molecular formula is C30H27N3O2S. The summed E-state index contributed by atoms with van der Waals surface area (Å²) >= 11 is 0. The second kappa shape index (κ2) is 10.7. The van der Waals surface area contributed by atoms with Crippen LogP contribution in [0.5, 0.6) is 0 Å². The van der Waals surface area contributed by atoms with Crippen molar-refractivity contribution in [2.75, 3.05) is 6.54 Å². The molecule has 0 aliphatic carbocycles. The Labute approximate surface area is 212 Å². The van der Waals surface area contributed by atoms with Gasteiger partial charge in [0.15, 0.2) is 0 Å². The van der Waals surface area contributed by atoms with Crippen LogP contribution in [-0.2, 0) is 23.0 Å². The van der Waals surface area contributed by atoms with E-state index in [0.717, 1.165) is 22.4 Å². The van der Waals surface area contributed by atoms with Crippen molar-refractivity contribution in [1.29, 1.82) is 0 Å². The maximum atomic E-state index is 14.3. The summed E-state index contributed by atoms with van der Waals surface area (Å²) < 4.78 is 31.7. The Morgan fingerprint density at radius 3 is 1.81 bits per heavy atom. The van der Waals surface area contributed by atoms with Gasteiger partial charge in [0, 0.05) is 18.7 Å². The molecule has 0 N–H and O–H groups in total. The average Bonchev–Trinajstić information content (AvgIpc) is 3.40. The minimum Gasteiger partial charge on any atom is -0.239 e. The van der Waals surface area contributed by atoms with Crippen molar-refractivity contribution < 1.29 is 8.42 Å². The largest absolute Gasteiger partial charge is 0.247 e. The molecule has 0 aliphatic heterocycles. The lowest BCUT2D eigenvalue weighted by atomic mass is 10.1. The van der Waals surface area contributed by atoms with Crippen molar-refractivity contribution in [1.82, 2.24) is 14.1 Å². The molecule has 0 bridgehead atoms. The molecule has 0 amide bonds. The zero-order valence-corrected chi connectivity index (χ0v) is 20.6. The highest BCUT2D eigenvalue weighted by Gasteiger charge is 2.30. The summed E-state index contributed by atoms with van der Waals surface area (Å²) in [4.78, 5) is 0.196. The molecule has 0 saturated heterocycles. The van der Waals surface area contributed by atoms with E-state index in [4.69, 9.17) is 5.10 Å². The van der Waals surface area contributed by atoms with E-state index < -0.39 is 10.0 Å². The maximum Gasteiger partial charge on any atom is 0.247 e. The molecular weight excluding hydrogens is 466 g/mol. The smallest absolute Gasteiger partial charge is 0.239 e. The van der Waals surface area contributed by atoms with Crippen LogP contribution in [0.3, 0.4) is 0 Å². The Morgan fingerprint density at radius 1 is 0.667 bits per heavy atom. The van der Waals surface area contributed by atoms with Crippen LogP contribution in [0.25, 0.3) is 16.9 Å². The fraction of sp³-hybridized carbons (Fsp3) is 0.100. The van der Waals surface area contributed by atoms with Gasteiger partial charge in [0.25, 0.3) is 0 Å². The Balaban J connectivity index is 1.58. The quantitative estimate of drug-likeness (QED) is 0.254. The lowest BCUT2D eigenvalue weighted by Gasteiger charge is -2.22. The third kappa shape index (κ3) is 5.30. The summed E-state index contributed by atoms with van der Waals surface area (Å²) in [5.74, 6) is 0. The lowest BCUT2D eigenvalue weighted by molar-refractivity contribution is 0.409. The van der Waals surface area contributed by atoms with Gasteiger partial charge in [-0.15, -0.1) is 0 Å². The molecule has 6 heteroatoms. The van der Waals surface area contributed by atoms with E-state index in [1.165, 1.54) is 0 Å². The number of hydrogen-bond acceptors (Lipinski definition) is 3. The first kappa shape index (κ1) is 23.7. The van der Waals surface area contributed by atoms with E-state index in [0.29, 0.717) is 18.7 Å². The van der Waals surface area contributed by atoms with Gasteiger partial charge in [-0.1, -0.05) is 109 Å². The fourth-order valence-electron chi connectivity index (χ4n) is 4.16. The molecule has 0 saturated carbocycles. The SMILES string of the molecule is O=S(=O)(c1cn(-c2ccccc2)nc1-c1ccccc1)N(CCc1ccccc1)Cc1ccccc1. The highest BCUT2D eigenvalue weighted by atomic mass is 32.2. The first-order valence-electron chi connectivity index (χ1n) is 11.9. The summed E-state index contributed by atoms with van der Waals surface area (Å²) in [5.41, 5.74) is 4.03. The van der Waals surface area contributed by atoms with Crippen LogP contribution in [0.2, 0.25) is 0 Å². The van der Waals surface area contributed by atoms with Gasteiger partial charge in [-0.3, -0.25) is 0 Å². The third-order valence-electron chi connectivity index (χ3n) is 6.06. The predicted octanol–water partition coefficient (Wildman–Crippen LogP) is 5.97. The molecule has 36 heavy (non-hydrogen) atoms. The van der Waals surface area contributed by atoms with Crippen molar-refractivity contribution in [2.45, 2.75) is 17.9 Å². The Kier molecular flexibility index (Phi) is 7.07. The monoisotopic (exact) mass is 493 g/mol. The minimum absolute atomic E-state index is 0.196. The fourth-order valence-corrected chi connectivity index (χ4v) is 5.73. The summed E-state index contributed by atoms with van der Waals surface area (Å²) in [6, 6.07) is 38.7. The van der Waals surface area contributed by atoms with E-state index in [9.17, 15) is 8.42 Å². The molecule has 180 valence electrons. The number of aromatic nitrogens is 2. The first-order chi connectivity index (χ1) is 17.6. The molecule has 5 aromatic rings. The Bertz CT molecular complexity index is 1500. The van der Waals surface area contributed by atoms with Crippen molar-refractivity contribution in [2.24, 2.45) is 0 Å². The van der Waals surface area contributed by atoms with Gasteiger partial charge in [0.1, 0.15) is 10.6 Å². The van der Waals surface area contributed by atoms with Crippen LogP contribution in [0.4, 0.5) is 0 Å². The van der Waals surface area contributed by atoms with Crippen molar-refractivity contribution >= 4 is 10.0 Å². The Morgan fingerprint density at radius 2 is 1.19 bits per heavy atom. The molecule has 0 atom stereocenters. The van der Waals surface area contributed by atoms with E-state index in [1.807, 2.05) is 121 Å². The average molecular weight is 494 g/mol. The minimum atomic E-state index is -3.89. The van der Waals surface area contributed by atoms with E-state index >= 15 is 0 Å². The number of hydrogen-bond donors (Lipinski definition) is 0. The number of benzene rings is 4. The van der Waals surface area contributed by atoms with Gasteiger partial charge in [-0.25, -0.2) is 13.1 Å². The van der Waals surface area contributed by atoms with Crippen LogP contribution >= 0.6 is 0 Å². The molecule has 1 heterocycles. The van der Waals surface area contributed by atoms with Gasteiger partial charge >= 0.3 is 0 Å². The Hall–Kier alpha value is -4.00. The highest BCUT2D eigenvalue weighted by molar-refractivity contribution is 7.89. The summed E-state index contributed by atoms with van der Waals surface area (Å²) in [7, 11) is -3.89. The zero-order chi connectivity index (χ0) is 24.8. The normalized spacial score (nSPS) is 11.6. The molecule has 0 unspecified atom stereocenters. The van der Waals surface area contributed by atoms with Crippen LogP contribution in [0.15, 0.2) is 132 Å². The topological polar surface area (TPSA) is 55.2 Å².